The molecule has 1 aliphatic rings. The number of pyridine rings is 1. The third kappa shape index (κ3) is 4.12. The highest BCUT2D eigenvalue weighted by Gasteiger charge is 2.33. The fourth-order valence-electron chi connectivity index (χ4n) is 4.20. The Hall–Kier alpha value is -3.20. The van der Waals surface area contributed by atoms with Crippen molar-refractivity contribution in [2.24, 2.45) is 0 Å². The van der Waals surface area contributed by atoms with Gasteiger partial charge in [0.05, 0.1) is 29.3 Å². The number of aliphatic hydroxyl groups excluding tert-OH is 1. The van der Waals surface area contributed by atoms with Crippen LogP contribution >= 0.6 is 0 Å². The minimum Gasteiger partial charge on any atom is -0.392 e. The molecule has 168 valence electrons. The molecule has 1 amide bonds. The van der Waals surface area contributed by atoms with E-state index in [1.165, 1.54) is 29.2 Å². The van der Waals surface area contributed by atoms with Crippen LogP contribution < -0.4 is 5.73 Å². The summed E-state index contributed by atoms with van der Waals surface area (Å²) < 4.78 is 53.6. The Labute approximate surface area is 181 Å². The van der Waals surface area contributed by atoms with Gasteiger partial charge in [-0.25, -0.2) is 9.37 Å². The lowest BCUT2D eigenvalue weighted by Crippen LogP contribution is -2.39. The summed E-state index contributed by atoms with van der Waals surface area (Å²) in [5, 5.41) is 10.0. The molecular weight excluding hydrogens is 426 g/mol. The third-order valence-corrected chi connectivity index (χ3v) is 5.79. The predicted molar refractivity (Wildman–Crippen MR) is 111 cm³/mol. The van der Waals surface area contributed by atoms with E-state index < -0.39 is 29.5 Å². The summed E-state index contributed by atoms with van der Waals surface area (Å²) in [7, 11) is 0. The lowest BCUT2D eigenvalue weighted by atomic mass is 9.93. The molecule has 2 heterocycles. The molecule has 5 nitrogen and oxygen atoms in total. The molecular formula is C23H21F4N3O2. The zero-order valence-electron chi connectivity index (χ0n) is 17.0. The van der Waals surface area contributed by atoms with Crippen LogP contribution in [0.25, 0.3) is 10.9 Å². The number of anilines is 1. The quantitative estimate of drug-likeness (QED) is 0.564. The second-order valence-electron chi connectivity index (χ2n) is 7.84. The largest absolute Gasteiger partial charge is 0.416 e. The number of hydrogen-bond acceptors (Lipinski definition) is 4. The van der Waals surface area contributed by atoms with Crippen molar-refractivity contribution in [2.75, 3.05) is 12.3 Å². The van der Waals surface area contributed by atoms with Crippen LogP contribution in [0.5, 0.6) is 0 Å². The summed E-state index contributed by atoms with van der Waals surface area (Å²) in [4.78, 5) is 18.9. The van der Waals surface area contributed by atoms with E-state index in [4.69, 9.17) is 5.73 Å². The number of carbonyl (C=O) groups is 1. The normalized spacial score (nSPS) is 17.0. The van der Waals surface area contributed by atoms with Crippen LogP contribution in [0.4, 0.5) is 23.4 Å². The van der Waals surface area contributed by atoms with Crippen LogP contribution in [-0.2, 0) is 12.8 Å². The number of piperidine rings is 1. The van der Waals surface area contributed by atoms with E-state index in [2.05, 4.69) is 4.98 Å². The van der Waals surface area contributed by atoms with E-state index in [0.29, 0.717) is 35.9 Å². The van der Waals surface area contributed by atoms with Crippen molar-refractivity contribution in [3.63, 3.8) is 0 Å². The Bertz CT molecular complexity index is 1160. The van der Waals surface area contributed by atoms with Crippen molar-refractivity contribution in [3.05, 3.63) is 70.5 Å². The van der Waals surface area contributed by atoms with Gasteiger partial charge in [0.2, 0.25) is 0 Å². The maximum atomic E-state index is 14.9. The van der Waals surface area contributed by atoms with Gasteiger partial charge >= 0.3 is 6.18 Å². The predicted octanol–water partition coefficient (Wildman–Crippen LogP) is 4.83. The monoisotopic (exact) mass is 447 g/mol. The molecule has 1 saturated heterocycles. The molecule has 4 rings (SSSR count). The second-order valence-corrected chi connectivity index (χ2v) is 7.84. The Morgan fingerprint density at radius 3 is 2.53 bits per heavy atom. The summed E-state index contributed by atoms with van der Waals surface area (Å²) in [6, 6.07) is 8.17. The van der Waals surface area contributed by atoms with Gasteiger partial charge in [0.15, 0.2) is 0 Å². The van der Waals surface area contributed by atoms with Gasteiger partial charge in [-0.2, -0.15) is 13.2 Å². The highest BCUT2D eigenvalue weighted by atomic mass is 19.4. The van der Waals surface area contributed by atoms with Gasteiger partial charge in [0.1, 0.15) is 11.6 Å². The molecule has 1 atom stereocenters. The summed E-state index contributed by atoms with van der Waals surface area (Å²) in [6.07, 6.45) is -2.38. The molecule has 3 N–H and O–H groups in total. The average molecular weight is 447 g/mol. The van der Waals surface area contributed by atoms with Crippen molar-refractivity contribution >= 4 is 22.6 Å². The molecule has 1 aliphatic heterocycles. The molecule has 0 bridgehead atoms. The topological polar surface area (TPSA) is 79.5 Å². The molecule has 0 spiro atoms. The number of fused-ring (bicyclic) bond motifs is 1. The first-order chi connectivity index (χ1) is 15.2. The first kappa shape index (κ1) is 22.0. The first-order valence-electron chi connectivity index (χ1n) is 10.2. The number of likely N-dealkylation sites (tertiary alicyclic amines) is 1. The van der Waals surface area contributed by atoms with Gasteiger partial charge in [-0.15, -0.1) is 0 Å². The molecule has 1 aromatic heterocycles. The van der Waals surface area contributed by atoms with E-state index in [0.717, 1.165) is 24.6 Å². The van der Waals surface area contributed by atoms with Crippen LogP contribution in [0.2, 0.25) is 0 Å². The number of rotatable bonds is 3. The molecule has 0 radical (unpaired) electrons. The summed E-state index contributed by atoms with van der Waals surface area (Å²) in [5.74, 6) is -1.21. The highest BCUT2D eigenvalue weighted by molar-refractivity contribution is 5.99. The van der Waals surface area contributed by atoms with Gasteiger partial charge in [0.25, 0.3) is 5.91 Å². The molecule has 0 aliphatic carbocycles. The number of nitrogen functional groups attached to an aromatic ring is 1. The smallest absolute Gasteiger partial charge is 0.392 e. The zero-order chi connectivity index (χ0) is 23.0. The molecule has 3 aromatic rings. The minimum absolute atomic E-state index is 0.124. The number of carbonyl (C=O) groups excluding carboxylic acids is 1. The van der Waals surface area contributed by atoms with Gasteiger partial charge in [-0.05, 0) is 54.7 Å². The number of nitrogens with two attached hydrogens (primary N) is 1. The van der Waals surface area contributed by atoms with E-state index in [9.17, 15) is 27.5 Å². The Morgan fingerprint density at radius 2 is 1.88 bits per heavy atom. The number of amides is 1. The molecule has 1 fully saturated rings. The van der Waals surface area contributed by atoms with E-state index in [-0.39, 0.29) is 23.5 Å². The number of alkyl halides is 3. The Morgan fingerprint density at radius 1 is 1.16 bits per heavy atom. The number of aliphatic hydroxyl groups is 1. The van der Waals surface area contributed by atoms with Crippen molar-refractivity contribution in [2.45, 2.75) is 38.1 Å². The average Bonchev–Trinajstić information content (AvgIpc) is 2.77. The van der Waals surface area contributed by atoms with Crippen LogP contribution in [-0.4, -0.2) is 27.4 Å². The number of halogens is 4. The lowest BCUT2D eigenvalue weighted by Gasteiger charge is -2.36. The van der Waals surface area contributed by atoms with Crippen LogP contribution in [0.15, 0.2) is 42.5 Å². The number of benzene rings is 2. The van der Waals surface area contributed by atoms with E-state index in [1.54, 1.807) is 0 Å². The van der Waals surface area contributed by atoms with Crippen LogP contribution in [0.3, 0.4) is 0 Å². The summed E-state index contributed by atoms with van der Waals surface area (Å²) >= 11 is 0. The fourth-order valence-corrected chi connectivity index (χ4v) is 4.20. The number of nitrogens with zero attached hydrogens (tertiary/aromatic N) is 2. The van der Waals surface area contributed by atoms with E-state index in [1.807, 2.05) is 0 Å². The van der Waals surface area contributed by atoms with Gasteiger partial charge in [-0.1, -0.05) is 12.1 Å². The minimum atomic E-state index is -4.45. The van der Waals surface area contributed by atoms with Crippen molar-refractivity contribution in [3.8, 4) is 0 Å². The Kier molecular flexibility index (Phi) is 5.77. The zero-order valence-corrected chi connectivity index (χ0v) is 17.0. The maximum Gasteiger partial charge on any atom is 0.416 e. The number of hydrogen-bond donors (Lipinski definition) is 2. The summed E-state index contributed by atoms with van der Waals surface area (Å²) in [6.45, 7) is -0.00474. The van der Waals surface area contributed by atoms with Crippen LogP contribution in [0, 0.1) is 5.82 Å². The third-order valence-electron chi connectivity index (χ3n) is 5.79. The Balaban J connectivity index is 1.71. The molecule has 9 heteroatoms. The fraction of sp³-hybridized carbons (Fsp3) is 0.304. The molecule has 0 saturated carbocycles. The van der Waals surface area contributed by atoms with Crippen molar-refractivity contribution in [1.29, 1.82) is 0 Å². The first-order valence-corrected chi connectivity index (χ1v) is 10.2. The van der Waals surface area contributed by atoms with Gasteiger partial charge < -0.3 is 15.7 Å². The van der Waals surface area contributed by atoms with Crippen molar-refractivity contribution < 1.29 is 27.5 Å². The highest BCUT2D eigenvalue weighted by Crippen LogP contribution is 2.35. The van der Waals surface area contributed by atoms with Gasteiger partial charge in [-0.3, -0.25) is 4.79 Å². The molecule has 1 unspecified atom stereocenters. The van der Waals surface area contributed by atoms with E-state index >= 15 is 0 Å². The standard InChI is InChI=1S/C23H21F4N3O2/c24-18-11-19-16(14(12-31)9-21(28)29-19)10-17(18)22(32)30-8-2-1-3-20(30)13-4-6-15(7-5-13)23(25,26)27/h4-7,9-11,20,31H,1-3,8,12H2,(H2,28,29). The SMILES string of the molecule is Nc1cc(CO)c2cc(C(=O)N3CCCCC3c3ccc(C(F)(F)F)cc3)c(F)cc2n1. The lowest BCUT2D eigenvalue weighted by molar-refractivity contribution is -0.137. The second kappa shape index (κ2) is 8.38. The van der Waals surface area contributed by atoms with Gasteiger partial charge in [0, 0.05) is 18.0 Å². The summed E-state index contributed by atoms with van der Waals surface area (Å²) in [5.41, 5.74) is 5.95. The van der Waals surface area contributed by atoms with Crippen LogP contribution in [0.1, 0.15) is 52.4 Å². The maximum absolute atomic E-state index is 14.9. The molecule has 32 heavy (non-hydrogen) atoms. The molecule has 2 aromatic carbocycles. The van der Waals surface area contributed by atoms with Crippen molar-refractivity contribution in [1.82, 2.24) is 9.88 Å². The number of aromatic nitrogens is 1.